The summed E-state index contributed by atoms with van der Waals surface area (Å²) in [5.74, 6) is -0.224. The van der Waals surface area contributed by atoms with Crippen LogP contribution in [0.15, 0.2) is 46.9 Å². The molecular weight excluding hydrogens is 322 g/mol. The zero-order valence-corrected chi connectivity index (χ0v) is 12.7. The van der Waals surface area contributed by atoms with Crippen molar-refractivity contribution in [3.05, 3.63) is 52.5 Å². The molecule has 0 saturated carbocycles. The molecule has 5 heteroatoms. The van der Waals surface area contributed by atoms with E-state index in [1.807, 2.05) is 36.2 Å². The summed E-state index contributed by atoms with van der Waals surface area (Å²) in [6, 6.07) is 12.4. The Morgan fingerprint density at radius 1 is 1.25 bits per heavy atom. The van der Waals surface area contributed by atoms with Gasteiger partial charge in [0.25, 0.3) is 0 Å². The lowest BCUT2D eigenvalue weighted by molar-refractivity contribution is 0.0697. The van der Waals surface area contributed by atoms with Crippen molar-refractivity contribution in [3.63, 3.8) is 0 Å². The van der Waals surface area contributed by atoms with Gasteiger partial charge in [-0.25, -0.2) is 4.79 Å². The van der Waals surface area contributed by atoms with Gasteiger partial charge in [-0.3, -0.25) is 0 Å². The van der Waals surface area contributed by atoms with E-state index in [4.69, 9.17) is 9.84 Å². The number of hydrogen-bond donors (Lipinski definition) is 1. The molecule has 0 bridgehead atoms. The van der Waals surface area contributed by atoms with Gasteiger partial charge in [-0.1, -0.05) is 22.0 Å². The van der Waals surface area contributed by atoms with Crippen molar-refractivity contribution in [2.24, 2.45) is 0 Å². The van der Waals surface area contributed by atoms with Crippen molar-refractivity contribution in [2.75, 3.05) is 19.1 Å². The minimum Gasteiger partial charge on any atom is -0.495 e. The molecule has 0 spiro atoms. The number of halogens is 1. The second kappa shape index (κ2) is 5.96. The number of anilines is 2. The molecule has 0 fully saturated rings. The van der Waals surface area contributed by atoms with Gasteiger partial charge >= 0.3 is 5.97 Å². The second-order valence-electron chi connectivity index (χ2n) is 4.23. The van der Waals surface area contributed by atoms with Crippen molar-refractivity contribution < 1.29 is 14.6 Å². The van der Waals surface area contributed by atoms with Crippen LogP contribution in [-0.2, 0) is 0 Å². The van der Waals surface area contributed by atoms with Crippen molar-refractivity contribution in [2.45, 2.75) is 0 Å². The average molecular weight is 336 g/mol. The third-order valence-electron chi connectivity index (χ3n) is 2.98. The van der Waals surface area contributed by atoms with Crippen LogP contribution >= 0.6 is 15.9 Å². The highest BCUT2D eigenvalue weighted by Gasteiger charge is 2.12. The smallest absolute Gasteiger partial charge is 0.335 e. The van der Waals surface area contributed by atoms with Gasteiger partial charge in [0, 0.05) is 17.2 Å². The van der Waals surface area contributed by atoms with Gasteiger partial charge in [0.05, 0.1) is 18.4 Å². The van der Waals surface area contributed by atoms with Crippen LogP contribution in [0.4, 0.5) is 11.4 Å². The minimum absolute atomic E-state index is 0.253. The maximum Gasteiger partial charge on any atom is 0.335 e. The van der Waals surface area contributed by atoms with Gasteiger partial charge in [0.1, 0.15) is 5.75 Å². The van der Waals surface area contributed by atoms with E-state index in [9.17, 15) is 4.79 Å². The quantitative estimate of drug-likeness (QED) is 0.919. The first-order valence-electron chi connectivity index (χ1n) is 5.93. The number of aromatic carboxylic acids is 1. The predicted molar refractivity (Wildman–Crippen MR) is 82.2 cm³/mol. The number of carboxylic acid groups (broad SMARTS) is 1. The van der Waals surface area contributed by atoms with E-state index >= 15 is 0 Å². The standard InChI is InChI=1S/C15H14BrNO3/c1-17(12-5-3-4-10(8-12)15(18)19)13-9-11(16)6-7-14(13)20-2/h3-9H,1-2H3,(H,18,19). The Morgan fingerprint density at radius 2 is 2.00 bits per heavy atom. The van der Waals surface area contributed by atoms with Gasteiger partial charge in [-0.15, -0.1) is 0 Å². The molecule has 0 atom stereocenters. The Kier molecular flexibility index (Phi) is 4.29. The summed E-state index contributed by atoms with van der Waals surface area (Å²) in [6.07, 6.45) is 0. The van der Waals surface area contributed by atoms with E-state index < -0.39 is 5.97 Å². The molecule has 2 aromatic rings. The highest BCUT2D eigenvalue weighted by molar-refractivity contribution is 9.10. The molecule has 0 aromatic heterocycles. The Bertz CT molecular complexity index is 643. The number of methoxy groups -OCH3 is 1. The van der Waals surface area contributed by atoms with E-state index in [1.54, 1.807) is 25.3 Å². The summed E-state index contributed by atoms with van der Waals surface area (Å²) in [5.41, 5.74) is 1.88. The summed E-state index contributed by atoms with van der Waals surface area (Å²) in [7, 11) is 3.47. The average Bonchev–Trinajstić information content (AvgIpc) is 2.46. The number of rotatable bonds is 4. The summed E-state index contributed by atoms with van der Waals surface area (Å²) in [6.45, 7) is 0. The lowest BCUT2D eigenvalue weighted by atomic mass is 10.1. The molecule has 2 aromatic carbocycles. The molecule has 0 radical (unpaired) electrons. The summed E-state index contributed by atoms with van der Waals surface area (Å²) < 4.78 is 6.27. The van der Waals surface area contributed by atoms with Crippen molar-refractivity contribution >= 4 is 33.3 Å². The molecule has 0 saturated heterocycles. The van der Waals surface area contributed by atoms with Crippen LogP contribution in [-0.4, -0.2) is 25.2 Å². The third-order valence-corrected chi connectivity index (χ3v) is 3.48. The molecule has 104 valence electrons. The van der Waals surface area contributed by atoms with Crippen LogP contribution in [0.25, 0.3) is 0 Å². The van der Waals surface area contributed by atoms with Gasteiger partial charge in [-0.2, -0.15) is 0 Å². The molecule has 0 heterocycles. The normalized spacial score (nSPS) is 10.2. The monoisotopic (exact) mass is 335 g/mol. The molecule has 4 nitrogen and oxygen atoms in total. The van der Waals surface area contributed by atoms with E-state index in [1.165, 1.54) is 0 Å². The van der Waals surface area contributed by atoms with Gasteiger partial charge in [0.2, 0.25) is 0 Å². The number of ether oxygens (including phenoxy) is 1. The number of carboxylic acids is 1. The maximum atomic E-state index is 11.0. The fraction of sp³-hybridized carbons (Fsp3) is 0.133. The zero-order chi connectivity index (χ0) is 14.7. The summed E-state index contributed by atoms with van der Waals surface area (Å²) in [4.78, 5) is 12.9. The molecule has 0 aliphatic rings. The first kappa shape index (κ1) is 14.4. The minimum atomic E-state index is -0.943. The van der Waals surface area contributed by atoms with Crippen LogP contribution in [0.2, 0.25) is 0 Å². The molecule has 0 aliphatic heterocycles. The van der Waals surface area contributed by atoms with Crippen LogP contribution in [0.5, 0.6) is 5.75 Å². The van der Waals surface area contributed by atoms with Crippen LogP contribution < -0.4 is 9.64 Å². The van der Waals surface area contributed by atoms with Gasteiger partial charge < -0.3 is 14.7 Å². The third kappa shape index (κ3) is 2.93. The van der Waals surface area contributed by atoms with E-state index in [-0.39, 0.29) is 5.56 Å². The lowest BCUT2D eigenvalue weighted by Gasteiger charge is -2.22. The van der Waals surface area contributed by atoms with Crippen LogP contribution in [0.1, 0.15) is 10.4 Å². The number of carbonyl (C=O) groups is 1. The van der Waals surface area contributed by atoms with Crippen molar-refractivity contribution in [1.29, 1.82) is 0 Å². The van der Waals surface area contributed by atoms with Gasteiger partial charge in [0.15, 0.2) is 0 Å². The Morgan fingerprint density at radius 3 is 2.65 bits per heavy atom. The number of benzene rings is 2. The maximum absolute atomic E-state index is 11.0. The Hall–Kier alpha value is -2.01. The van der Waals surface area contributed by atoms with E-state index in [0.717, 1.165) is 21.6 Å². The molecule has 20 heavy (non-hydrogen) atoms. The molecular formula is C15H14BrNO3. The van der Waals surface area contributed by atoms with Crippen LogP contribution in [0.3, 0.4) is 0 Å². The molecule has 0 amide bonds. The number of nitrogens with zero attached hydrogens (tertiary/aromatic N) is 1. The summed E-state index contributed by atoms with van der Waals surface area (Å²) in [5, 5.41) is 9.06. The first-order valence-corrected chi connectivity index (χ1v) is 6.73. The van der Waals surface area contributed by atoms with Gasteiger partial charge in [-0.05, 0) is 36.4 Å². The largest absolute Gasteiger partial charge is 0.495 e. The van der Waals surface area contributed by atoms with E-state index in [0.29, 0.717) is 0 Å². The van der Waals surface area contributed by atoms with Crippen molar-refractivity contribution in [3.8, 4) is 5.75 Å². The fourth-order valence-corrected chi connectivity index (χ4v) is 2.26. The highest BCUT2D eigenvalue weighted by atomic mass is 79.9. The van der Waals surface area contributed by atoms with Crippen molar-refractivity contribution in [1.82, 2.24) is 0 Å². The Balaban J connectivity index is 2.45. The predicted octanol–water partition coefficient (Wildman–Crippen LogP) is 3.92. The highest BCUT2D eigenvalue weighted by Crippen LogP contribution is 2.35. The zero-order valence-electron chi connectivity index (χ0n) is 11.1. The van der Waals surface area contributed by atoms with Crippen LogP contribution in [0, 0.1) is 0 Å². The fourth-order valence-electron chi connectivity index (χ4n) is 1.91. The molecule has 0 unspecified atom stereocenters. The second-order valence-corrected chi connectivity index (χ2v) is 5.15. The molecule has 2 rings (SSSR count). The molecule has 1 N–H and O–H groups in total. The lowest BCUT2D eigenvalue weighted by Crippen LogP contribution is -2.11. The summed E-state index contributed by atoms with van der Waals surface area (Å²) >= 11 is 3.43. The number of hydrogen-bond acceptors (Lipinski definition) is 3. The first-order chi connectivity index (χ1) is 9.52. The molecule has 0 aliphatic carbocycles. The van der Waals surface area contributed by atoms with E-state index in [2.05, 4.69) is 15.9 Å². The Labute approximate surface area is 125 Å². The topological polar surface area (TPSA) is 49.8 Å². The SMILES string of the molecule is COc1ccc(Br)cc1N(C)c1cccc(C(=O)O)c1.